The van der Waals surface area contributed by atoms with E-state index < -0.39 is 8.07 Å². The number of benzene rings is 2. The van der Waals surface area contributed by atoms with E-state index >= 15 is 0 Å². The zero-order valence-corrected chi connectivity index (χ0v) is 16.5. The molecule has 0 aliphatic heterocycles. The fraction of sp³-hybridized carbons (Fsp3) is 0.182. The van der Waals surface area contributed by atoms with Gasteiger partial charge in [-0.15, -0.1) is 0 Å². The van der Waals surface area contributed by atoms with E-state index in [0.29, 0.717) is 11.4 Å². The maximum atomic E-state index is 13.1. The Morgan fingerprint density at radius 1 is 0.846 bits per heavy atom. The van der Waals surface area contributed by atoms with Gasteiger partial charge in [-0.3, -0.25) is 4.79 Å². The van der Waals surface area contributed by atoms with Crippen LogP contribution in [0.1, 0.15) is 15.9 Å². The van der Waals surface area contributed by atoms with E-state index in [0.717, 1.165) is 27.9 Å². The number of methoxy groups -OCH3 is 1. The molecule has 0 atom stereocenters. The van der Waals surface area contributed by atoms with Gasteiger partial charge in [0.25, 0.3) is 0 Å². The number of hydrogen-bond donors (Lipinski definition) is 0. The maximum absolute atomic E-state index is 13.1. The molecule has 3 aromatic rings. The smallest absolute Gasteiger partial charge is 0.225 e. The van der Waals surface area contributed by atoms with Crippen molar-refractivity contribution in [2.45, 2.75) is 19.6 Å². The summed E-state index contributed by atoms with van der Waals surface area (Å²) in [7, 11) is -0.236. The van der Waals surface area contributed by atoms with Crippen LogP contribution in [0.25, 0.3) is 22.4 Å². The average molecular weight is 360 g/mol. The Bertz CT molecular complexity index is 1020. The van der Waals surface area contributed by atoms with E-state index in [2.05, 4.69) is 31.8 Å². The van der Waals surface area contributed by atoms with Gasteiger partial charge in [-0.05, 0) is 10.8 Å². The van der Waals surface area contributed by atoms with Gasteiger partial charge < -0.3 is 4.74 Å². The van der Waals surface area contributed by atoms with Crippen molar-refractivity contribution in [1.29, 1.82) is 0 Å². The molecule has 0 fully saturated rings. The third-order valence-corrected chi connectivity index (χ3v) is 6.81. The number of ether oxygens (including phenoxy) is 1. The van der Waals surface area contributed by atoms with Crippen molar-refractivity contribution in [3.05, 3.63) is 65.7 Å². The van der Waals surface area contributed by atoms with Gasteiger partial charge in [-0.25, -0.2) is 4.98 Å². The van der Waals surface area contributed by atoms with Crippen LogP contribution in [0.2, 0.25) is 19.6 Å². The molecule has 3 nitrogen and oxygen atoms in total. The average Bonchev–Trinajstić information content (AvgIpc) is 2.94. The van der Waals surface area contributed by atoms with Crippen molar-refractivity contribution < 1.29 is 9.53 Å². The number of hydrogen-bond acceptors (Lipinski definition) is 3. The maximum Gasteiger partial charge on any atom is 0.225 e. The van der Waals surface area contributed by atoms with Crippen molar-refractivity contribution >= 4 is 19.0 Å². The predicted octanol–water partition coefficient (Wildman–Crippen LogP) is 4.51. The van der Waals surface area contributed by atoms with Gasteiger partial charge in [0.15, 0.2) is 5.78 Å². The second kappa shape index (κ2) is 5.92. The first-order valence-corrected chi connectivity index (χ1v) is 12.3. The number of rotatable bonds is 3. The normalized spacial score (nSPS) is 12.7. The fourth-order valence-corrected chi connectivity index (χ4v) is 5.68. The van der Waals surface area contributed by atoms with Crippen LogP contribution in [0.4, 0.5) is 0 Å². The molecule has 0 saturated heterocycles. The molecule has 0 radical (unpaired) electrons. The molecule has 0 amide bonds. The zero-order valence-electron chi connectivity index (χ0n) is 15.5. The topological polar surface area (TPSA) is 39.2 Å². The van der Waals surface area contributed by atoms with E-state index in [-0.39, 0.29) is 5.78 Å². The summed E-state index contributed by atoms with van der Waals surface area (Å²) in [5, 5.41) is 1.22. The molecule has 0 N–H and O–H groups in total. The molecule has 4 rings (SSSR count). The highest BCUT2D eigenvalue weighted by atomic mass is 28.3. The van der Waals surface area contributed by atoms with Gasteiger partial charge in [-0.1, -0.05) is 74.2 Å². The second-order valence-corrected chi connectivity index (χ2v) is 12.6. The Hall–Kier alpha value is -2.72. The van der Waals surface area contributed by atoms with Crippen LogP contribution in [0.15, 0.2) is 54.6 Å². The Morgan fingerprint density at radius 2 is 1.46 bits per heavy atom. The largest absolute Gasteiger partial charge is 0.480 e. The van der Waals surface area contributed by atoms with Gasteiger partial charge in [0, 0.05) is 16.7 Å². The third kappa shape index (κ3) is 2.41. The van der Waals surface area contributed by atoms with E-state index in [1.165, 1.54) is 5.19 Å². The number of fused-ring (bicyclic) bond motifs is 3. The summed E-state index contributed by atoms with van der Waals surface area (Å²) >= 11 is 0. The van der Waals surface area contributed by atoms with Crippen LogP contribution in [0, 0.1) is 0 Å². The Kier molecular flexibility index (Phi) is 3.81. The molecule has 130 valence electrons. The first-order valence-electron chi connectivity index (χ1n) is 8.75. The second-order valence-electron chi connectivity index (χ2n) is 7.59. The molecule has 0 bridgehead atoms. The molecule has 1 aliphatic carbocycles. The molecule has 0 saturated carbocycles. The quantitative estimate of drug-likeness (QED) is 0.505. The molecule has 1 heterocycles. The van der Waals surface area contributed by atoms with Crippen LogP contribution in [0.3, 0.4) is 0 Å². The summed E-state index contributed by atoms with van der Waals surface area (Å²) in [6.45, 7) is 6.90. The zero-order chi connectivity index (χ0) is 18.5. The minimum atomic E-state index is -1.82. The SMILES string of the molecule is COc1nc(-c2ccccc2)c([Si](C)(C)C)c2c1C(=O)c1ccccc1-2. The molecular weight excluding hydrogens is 338 g/mol. The highest BCUT2D eigenvalue weighted by Gasteiger charge is 2.38. The van der Waals surface area contributed by atoms with Crippen molar-refractivity contribution in [2.75, 3.05) is 7.11 Å². The highest BCUT2D eigenvalue weighted by Crippen LogP contribution is 2.42. The molecule has 1 aliphatic rings. The lowest BCUT2D eigenvalue weighted by atomic mass is 10.0. The lowest BCUT2D eigenvalue weighted by Gasteiger charge is -2.25. The molecular formula is C22H21NO2Si. The molecule has 26 heavy (non-hydrogen) atoms. The molecule has 0 spiro atoms. The molecule has 1 aromatic heterocycles. The standard InChI is InChI=1S/C22H21NO2Si/c1-25-22-18-17(15-12-8-9-13-16(15)20(18)24)21(26(2,3)4)19(23-22)14-10-6-5-7-11-14/h5-13H,1-4H3. The summed E-state index contributed by atoms with van der Waals surface area (Å²) in [6, 6.07) is 18.0. The van der Waals surface area contributed by atoms with Gasteiger partial charge >= 0.3 is 0 Å². The number of carbonyl (C=O) groups is 1. The number of nitrogens with zero attached hydrogens (tertiary/aromatic N) is 1. The van der Waals surface area contributed by atoms with Crippen molar-refractivity contribution in [2.24, 2.45) is 0 Å². The van der Waals surface area contributed by atoms with Crippen LogP contribution in [-0.2, 0) is 0 Å². The first kappa shape index (κ1) is 16.7. The highest BCUT2D eigenvalue weighted by molar-refractivity contribution is 6.91. The lowest BCUT2D eigenvalue weighted by Crippen LogP contribution is -2.41. The van der Waals surface area contributed by atoms with Crippen LogP contribution < -0.4 is 9.92 Å². The Balaban J connectivity index is 2.18. The van der Waals surface area contributed by atoms with Crippen molar-refractivity contribution in [3.63, 3.8) is 0 Å². The fourth-order valence-electron chi connectivity index (χ4n) is 3.76. The number of carbonyl (C=O) groups excluding carboxylic acids is 1. The number of pyridine rings is 1. The van der Waals surface area contributed by atoms with Crippen molar-refractivity contribution in [1.82, 2.24) is 4.98 Å². The number of ketones is 1. The van der Waals surface area contributed by atoms with Crippen molar-refractivity contribution in [3.8, 4) is 28.3 Å². The number of aromatic nitrogens is 1. The van der Waals surface area contributed by atoms with E-state index in [9.17, 15) is 4.79 Å². The van der Waals surface area contributed by atoms with E-state index in [1.54, 1.807) is 7.11 Å². The third-order valence-electron chi connectivity index (χ3n) is 4.82. The van der Waals surface area contributed by atoms with Crippen LogP contribution in [-0.4, -0.2) is 26.0 Å². The minimum absolute atomic E-state index is 0.0130. The summed E-state index contributed by atoms with van der Waals surface area (Å²) in [5.74, 6) is 0.432. The van der Waals surface area contributed by atoms with E-state index in [4.69, 9.17) is 9.72 Å². The molecule has 0 unspecified atom stereocenters. The first-order chi connectivity index (χ1) is 12.4. The van der Waals surface area contributed by atoms with Gasteiger partial charge in [-0.2, -0.15) is 0 Å². The van der Waals surface area contributed by atoms with Crippen LogP contribution >= 0.6 is 0 Å². The summed E-state index contributed by atoms with van der Waals surface area (Å²) in [5.41, 5.74) is 5.38. The summed E-state index contributed by atoms with van der Waals surface area (Å²) < 4.78 is 5.57. The monoisotopic (exact) mass is 359 g/mol. The molecule has 4 heteroatoms. The van der Waals surface area contributed by atoms with Gasteiger partial charge in [0.1, 0.15) is 0 Å². The van der Waals surface area contributed by atoms with E-state index in [1.807, 2.05) is 42.5 Å². The van der Waals surface area contributed by atoms with Gasteiger partial charge in [0.2, 0.25) is 5.88 Å². The molecule has 2 aromatic carbocycles. The predicted molar refractivity (Wildman–Crippen MR) is 108 cm³/mol. The Morgan fingerprint density at radius 3 is 2.08 bits per heavy atom. The van der Waals surface area contributed by atoms with Gasteiger partial charge in [0.05, 0.1) is 26.4 Å². The summed E-state index contributed by atoms with van der Waals surface area (Å²) in [6.07, 6.45) is 0. The lowest BCUT2D eigenvalue weighted by molar-refractivity contribution is 0.104. The summed E-state index contributed by atoms with van der Waals surface area (Å²) in [4.78, 5) is 17.9. The minimum Gasteiger partial charge on any atom is -0.480 e. The van der Waals surface area contributed by atoms with Crippen LogP contribution in [0.5, 0.6) is 5.88 Å². The Labute approximate surface area is 154 Å².